The number of aromatic hydroxyl groups is 1. The van der Waals surface area contributed by atoms with Crippen molar-refractivity contribution in [2.24, 2.45) is 0 Å². The van der Waals surface area contributed by atoms with Crippen molar-refractivity contribution >= 4 is 0 Å². The number of hydrogen-bond donors (Lipinski definition) is 1. The Hall–Kier alpha value is -1.77. The van der Waals surface area contributed by atoms with Gasteiger partial charge in [0.1, 0.15) is 5.69 Å². The molecule has 19 heavy (non-hydrogen) atoms. The minimum Gasteiger partial charge on any atom is -0.504 e. The van der Waals surface area contributed by atoms with Gasteiger partial charge in [-0.15, -0.1) is 0 Å². The van der Waals surface area contributed by atoms with E-state index < -0.39 is 0 Å². The normalized spacial score (nSPS) is 10.9. The average Bonchev–Trinajstić information content (AvgIpc) is 2.70. The summed E-state index contributed by atoms with van der Waals surface area (Å²) >= 11 is 0. The number of hydrogen-bond acceptors (Lipinski definition) is 2. The quantitative estimate of drug-likeness (QED) is 0.886. The van der Waals surface area contributed by atoms with E-state index in [1.165, 1.54) is 5.56 Å². The number of nitrogens with zero attached hydrogens (tertiary/aromatic N) is 2. The Morgan fingerprint density at radius 3 is 2.26 bits per heavy atom. The monoisotopic (exact) mass is 258 g/mol. The van der Waals surface area contributed by atoms with Crippen LogP contribution in [-0.2, 0) is 12.8 Å². The molecule has 0 atom stereocenters. The molecule has 0 radical (unpaired) electrons. The van der Waals surface area contributed by atoms with Gasteiger partial charge in [0.15, 0.2) is 5.75 Å². The molecular formula is C16H22N2O. The van der Waals surface area contributed by atoms with E-state index in [4.69, 9.17) is 0 Å². The van der Waals surface area contributed by atoms with Crippen LogP contribution < -0.4 is 0 Å². The summed E-state index contributed by atoms with van der Waals surface area (Å²) in [7, 11) is 0. The number of benzene rings is 1. The molecule has 0 spiro atoms. The minimum absolute atomic E-state index is 0.379. The number of aromatic nitrogens is 2. The number of rotatable bonds is 5. The van der Waals surface area contributed by atoms with Crippen LogP contribution in [0.25, 0.3) is 5.69 Å². The highest BCUT2D eigenvalue weighted by Gasteiger charge is 2.16. The lowest BCUT2D eigenvalue weighted by molar-refractivity contribution is 0.459. The molecule has 0 unspecified atom stereocenters. The van der Waals surface area contributed by atoms with Gasteiger partial charge in [0, 0.05) is 0 Å². The molecule has 1 aromatic carbocycles. The SMILES string of the molecule is CCCc1nn(-c2ccc(C)cc2)c(CCC)c1O. The third kappa shape index (κ3) is 2.80. The smallest absolute Gasteiger partial charge is 0.160 e. The Kier molecular flexibility index (Phi) is 4.25. The Labute approximate surface area is 114 Å². The fraction of sp³-hybridized carbons (Fsp3) is 0.438. The molecule has 102 valence electrons. The second-order valence-corrected chi connectivity index (χ2v) is 4.99. The molecule has 0 saturated carbocycles. The molecule has 0 aliphatic rings. The van der Waals surface area contributed by atoms with E-state index in [0.29, 0.717) is 5.75 Å². The van der Waals surface area contributed by atoms with Crippen LogP contribution in [0, 0.1) is 6.92 Å². The van der Waals surface area contributed by atoms with Crippen LogP contribution in [0.3, 0.4) is 0 Å². The van der Waals surface area contributed by atoms with Gasteiger partial charge in [-0.25, -0.2) is 4.68 Å². The van der Waals surface area contributed by atoms with Gasteiger partial charge in [-0.1, -0.05) is 44.4 Å². The largest absolute Gasteiger partial charge is 0.504 e. The van der Waals surface area contributed by atoms with Gasteiger partial charge in [0.25, 0.3) is 0 Å². The second kappa shape index (κ2) is 5.91. The van der Waals surface area contributed by atoms with Crippen LogP contribution >= 0.6 is 0 Å². The van der Waals surface area contributed by atoms with Crippen molar-refractivity contribution in [3.05, 3.63) is 41.2 Å². The zero-order chi connectivity index (χ0) is 13.8. The Bertz CT molecular complexity index is 541. The van der Waals surface area contributed by atoms with Crippen molar-refractivity contribution in [2.45, 2.75) is 46.5 Å². The highest BCUT2D eigenvalue weighted by molar-refractivity contribution is 5.42. The van der Waals surface area contributed by atoms with Gasteiger partial charge < -0.3 is 5.11 Å². The van der Waals surface area contributed by atoms with Crippen LogP contribution in [0.1, 0.15) is 43.6 Å². The van der Waals surface area contributed by atoms with E-state index in [2.05, 4.69) is 50.1 Å². The predicted molar refractivity (Wildman–Crippen MR) is 78.0 cm³/mol. The molecule has 1 N–H and O–H groups in total. The topological polar surface area (TPSA) is 38.0 Å². The zero-order valence-electron chi connectivity index (χ0n) is 12.0. The van der Waals surface area contributed by atoms with Gasteiger partial charge in [0.05, 0.1) is 11.4 Å². The Morgan fingerprint density at radius 2 is 1.68 bits per heavy atom. The molecular weight excluding hydrogens is 236 g/mol. The van der Waals surface area contributed by atoms with Crippen LogP contribution in [0.4, 0.5) is 0 Å². The average molecular weight is 258 g/mol. The van der Waals surface area contributed by atoms with Crippen LogP contribution in [-0.4, -0.2) is 14.9 Å². The van der Waals surface area contributed by atoms with Gasteiger partial charge in [-0.2, -0.15) is 5.10 Å². The van der Waals surface area contributed by atoms with Crippen molar-refractivity contribution in [3.8, 4) is 11.4 Å². The highest BCUT2D eigenvalue weighted by atomic mass is 16.3. The van der Waals surface area contributed by atoms with Crippen molar-refractivity contribution < 1.29 is 5.11 Å². The Morgan fingerprint density at radius 1 is 1.05 bits per heavy atom. The lowest BCUT2D eigenvalue weighted by atomic mass is 10.1. The molecule has 0 amide bonds. The van der Waals surface area contributed by atoms with E-state index in [9.17, 15) is 5.11 Å². The lowest BCUT2D eigenvalue weighted by Gasteiger charge is -2.07. The first kappa shape index (κ1) is 13.7. The molecule has 0 saturated heterocycles. The third-order valence-electron chi connectivity index (χ3n) is 3.28. The van der Waals surface area contributed by atoms with Gasteiger partial charge in [-0.3, -0.25) is 0 Å². The summed E-state index contributed by atoms with van der Waals surface area (Å²) in [6.07, 6.45) is 3.65. The predicted octanol–water partition coefficient (Wildman–Crippen LogP) is 3.79. The first-order valence-corrected chi connectivity index (χ1v) is 7.04. The first-order chi connectivity index (χ1) is 9.17. The summed E-state index contributed by atoms with van der Waals surface area (Å²) in [6.45, 7) is 6.29. The van der Waals surface area contributed by atoms with Crippen LogP contribution in [0.15, 0.2) is 24.3 Å². The fourth-order valence-corrected chi connectivity index (χ4v) is 2.26. The molecule has 0 aliphatic carbocycles. The first-order valence-electron chi connectivity index (χ1n) is 7.04. The highest BCUT2D eigenvalue weighted by Crippen LogP contribution is 2.27. The maximum Gasteiger partial charge on any atom is 0.160 e. The summed E-state index contributed by atoms with van der Waals surface area (Å²) in [5.41, 5.74) is 3.99. The molecule has 3 nitrogen and oxygen atoms in total. The van der Waals surface area contributed by atoms with Crippen molar-refractivity contribution in [1.82, 2.24) is 9.78 Å². The van der Waals surface area contributed by atoms with Gasteiger partial charge in [0.2, 0.25) is 0 Å². The van der Waals surface area contributed by atoms with Crippen LogP contribution in [0.5, 0.6) is 5.75 Å². The van der Waals surface area contributed by atoms with Crippen LogP contribution in [0.2, 0.25) is 0 Å². The van der Waals surface area contributed by atoms with Crippen molar-refractivity contribution in [1.29, 1.82) is 0 Å². The summed E-state index contributed by atoms with van der Waals surface area (Å²) in [6, 6.07) is 8.25. The molecule has 0 fully saturated rings. The molecule has 2 rings (SSSR count). The summed E-state index contributed by atoms with van der Waals surface area (Å²) in [5, 5.41) is 14.9. The summed E-state index contributed by atoms with van der Waals surface area (Å²) < 4.78 is 1.89. The van der Waals surface area contributed by atoms with E-state index in [0.717, 1.165) is 42.8 Å². The zero-order valence-corrected chi connectivity index (χ0v) is 12.0. The van der Waals surface area contributed by atoms with E-state index >= 15 is 0 Å². The number of aryl methyl sites for hydroxylation is 2. The standard InChI is InChI=1S/C16H22N2O/c1-4-6-14-16(19)15(7-5-2)18(17-14)13-10-8-12(3)9-11-13/h8-11,19H,4-7H2,1-3H3. The van der Waals surface area contributed by atoms with E-state index in [1.54, 1.807) is 0 Å². The maximum absolute atomic E-state index is 10.3. The summed E-state index contributed by atoms with van der Waals surface area (Å²) in [5.74, 6) is 0.379. The third-order valence-corrected chi connectivity index (χ3v) is 3.28. The maximum atomic E-state index is 10.3. The molecule has 1 aromatic heterocycles. The van der Waals surface area contributed by atoms with Gasteiger partial charge in [-0.05, 0) is 31.9 Å². The molecule has 1 heterocycles. The second-order valence-electron chi connectivity index (χ2n) is 4.99. The van der Waals surface area contributed by atoms with Crippen molar-refractivity contribution in [3.63, 3.8) is 0 Å². The van der Waals surface area contributed by atoms with E-state index in [1.807, 2.05) is 4.68 Å². The molecule has 3 heteroatoms. The molecule has 2 aromatic rings. The fourth-order valence-electron chi connectivity index (χ4n) is 2.26. The molecule has 0 aliphatic heterocycles. The van der Waals surface area contributed by atoms with Crippen molar-refractivity contribution in [2.75, 3.05) is 0 Å². The summed E-state index contributed by atoms with van der Waals surface area (Å²) in [4.78, 5) is 0. The Balaban J connectivity index is 2.48. The minimum atomic E-state index is 0.379. The van der Waals surface area contributed by atoms with Gasteiger partial charge >= 0.3 is 0 Å². The molecule has 0 bridgehead atoms. The van der Waals surface area contributed by atoms with E-state index in [-0.39, 0.29) is 0 Å². The lowest BCUT2D eigenvalue weighted by Crippen LogP contribution is -2.02.